The van der Waals surface area contributed by atoms with E-state index in [1.807, 2.05) is 52.9 Å². The van der Waals surface area contributed by atoms with Gasteiger partial charge in [-0.05, 0) is 43.7 Å². The van der Waals surface area contributed by atoms with Gasteiger partial charge in [-0.2, -0.15) is 0 Å². The highest BCUT2D eigenvalue weighted by Crippen LogP contribution is 2.38. The number of morpholine rings is 1. The molecule has 2 aliphatic heterocycles. The Bertz CT molecular complexity index is 2030. The molecule has 1 amide bonds. The summed E-state index contributed by atoms with van der Waals surface area (Å²) in [6, 6.07) is 12.3. The average molecular weight is 659 g/mol. The Morgan fingerprint density at radius 2 is 1.87 bits per heavy atom. The summed E-state index contributed by atoms with van der Waals surface area (Å²) in [5.41, 5.74) is 2.85. The predicted molar refractivity (Wildman–Crippen MR) is 179 cm³/mol. The predicted octanol–water partition coefficient (Wildman–Crippen LogP) is 3.41. The Balaban J connectivity index is 1.53. The Morgan fingerprint density at radius 3 is 2.60 bits per heavy atom. The topological polar surface area (TPSA) is 114 Å². The van der Waals surface area contributed by atoms with E-state index in [0.29, 0.717) is 70.4 Å². The van der Waals surface area contributed by atoms with Crippen LogP contribution in [0.3, 0.4) is 0 Å². The van der Waals surface area contributed by atoms with E-state index in [0.717, 1.165) is 22.9 Å². The number of thiazole rings is 1. The Kier molecular flexibility index (Phi) is 9.60. The van der Waals surface area contributed by atoms with Crippen molar-refractivity contribution in [1.29, 1.82) is 0 Å². The van der Waals surface area contributed by atoms with Crippen molar-refractivity contribution in [3.05, 3.63) is 90.7 Å². The van der Waals surface area contributed by atoms with Gasteiger partial charge in [0, 0.05) is 41.3 Å². The lowest BCUT2D eigenvalue weighted by Gasteiger charge is -2.27. The number of aromatic nitrogens is 2. The van der Waals surface area contributed by atoms with Crippen LogP contribution < -0.4 is 24.4 Å². The number of allylic oxidation sites excluding steroid dienone is 1. The van der Waals surface area contributed by atoms with Crippen LogP contribution in [0.25, 0.3) is 17.0 Å². The zero-order valence-corrected chi connectivity index (χ0v) is 27.8. The summed E-state index contributed by atoms with van der Waals surface area (Å²) in [7, 11) is 3.11. The van der Waals surface area contributed by atoms with Gasteiger partial charge >= 0.3 is 5.97 Å². The Labute approximate surface area is 275 Å². The SMILES string of the molecule is CCCC1=C(C(=O)OCC)[C@@H](c2cc(OC)ccc2OC)n2c(s/c(=C\c3cn(CC(=O)N4CCOCC4)c4ccccc34)c2=O)=N1. The first kappa shape index (κ1) is 32.3. The first-order chi connectivity index (χ1) is 22.9. The van der Waals surface area contributed by atoms with Gasteiger partial charge in [-0.3, -0.25) is 14.2 Å². The molecule has 0 spiro atoms. The second-order valence-corrected chi connectivity index (χ2v) is 12.3. The van der Waals surface area contributed by atoms with E-state index in [2.05, 4.69) is 0 Å². The lowest BCUT2D eigenvalue weighted by atomic mass is 9.93. The molecule has 1 fully saturated rings. The largest absolute Gasteiger partial charge is 0.497 e. The summed E-state index contributed by atoms with van der Waals surface area (Å²) in [6.07, 6.45) is 5.01. The van der Waals surface area contributed by atoms with E-state index in [-0.39, 0.29) is 24.6 Å². The van der Waals surface area contributed by atoms with Crippen LogP contribution in [0.4, 0.5) is 0 Å². The molecule has 0 saturated carbocycles. The quantitative estimate of drug-likeness (QED) is 0.240. The zero-order chi connectivity index (χ0) is 33.1. The van der Waals surface area contributed by atoms with Crippen molar-refractivity contribution in [3.8, 4) is 11.5 Å². The highest BCUT2D eigenvalue weighted by Gasteiger charge is 2.36. The van der Waals surface area contributed by atoms with Gasteiger partial charge in [0.2, 0.25) is 5.91 Å². The maximum Gasteiger partial charge on any atom is 0.338 e. The van der Waals surface area contributed by atoms with E-state index in [1.54, 1.807) is 43.9 Å². The van der Waals surface area contributed by atoms with Gasteiger partial charge in [0.15, 0.2) is 4.80 Å². The molecular weight excluding hydrogens is 620 g/mol. The maximum atomic E-state index is 14.4. The summed E-state index contributed by atoms with van der Waals surface area (Å²) in [5.74, 6) is 0.538. The molecule has 246 valence electrons. The van der Waals surface area contributed by atoms with Crippen molar-refractivity contribution >= 4 is 40.2 Å². The number of rotatable bonds is 10. The van der Waals surface area contributed by atoms with Crippen LogP contribution in [-0.2, 0) is 25.6 Å². The van der Waals surface area contributed by atoms with Gasteiger partial charge < -0.3 is 28.4 Å². The molecule has 4 aromatic rings. The molecule has 1 atom stereocenters. The summed E-state index contributed by atoms with van der Waals surface area (Å²) < 4.78 is 26.2. The number of hydrogen-bond donors (Lipinski definition) is 0. The van der Waals surface area contributed by atoms with Gasteiger partial charge in [-0.1, -0.05) is 42.9 Å². The lowest BCUT2D eigenvalue weighted by Crippen LogP contribution is -2.42. The molecule has 4 heterocycles. The minimum atomic E-state index is -0.855. The molecule has 11 nitrogen and oxygen atoms in total. The molecular formula is C35H38N4O7S. The van der Waals surface area contributed by atoms with Crippen LogP contribution >= 0.6 is 11.3 Å². The van der Waals surface area contributed by atoms with Crippen LogP contribution in [-0.4, -0.2) is 73.0 Å². The maximum absolute atomic E-state index is 14.4. The summed E-state index contributed by atoms with van der Waals surface area (Å²) in [6.45, 7) is 6.31. The second-order valence-electron chi connectivity index (χ2n) is 11.2. The number of hydrogen-bond acceptors (Lipinski definition) is 9. The summed E-state index contributed by atoms with van der Waals surface area (Å²) in [5, 5.41) is 0.915. The minimum Gasteiger partial charge on any atom is -0.497 e. The molecule has 0 radical (unpaired) electrons. The third-order valence-electron chi connectivity index (χ3n) is 8.40. The van der Waals surface area contributed by atoms with E-state index in [4.69, 9.17) is 23.9 Å². The molecule has 2 aromatic carbocycles. The van der Waals surface area contributed by atoms with Crippen molar-refractivity contribution in [2.24, 2.45) is 4.99 Å². The normalized spacial score (nSPS) is 16.6. The fraction of sp³-hybridized carbons (Fsp3) is 0.371. The lowest BCUT2D eigenvalue weighted by molar-refractivity contribution is -0.139. The highest BCUT2D eigenvalue weighted by atomic mass is 32.1. The minimum absolute atomic E-state index is 0.0159. The van der Waals surface area contributed by atoms with Crippen molar-refractivity contribution in [2.75, 3.05) is 47.1 Å². The molecule has 0 aliphatic carbocycles. The van der Waals surface area contributed by atoms with Crippen LogP contribution in [0.1, 0.15) is 43.9 Å². The van der Waals surface area contributed by atoms with Crippen molar-refractivity contribution < 1.29 is 28.5 Å². The first-order valence-corrected chi connectivity index (χ1v) is 16.6. The average Bonchev–Trinajstić information content (AvgIpc) is 3.60. The number of esters is 1. The highest BCUT2D eigenvalue weighted by molar-refractivity contribution is 7.07. The summed E-state index contributed by atoms with van der Waals surface area (Å²) in [4.78, 5) is 48.4. The van der Waals surface area contributed by atoms with E-state index >= 15 is 0 Å². The van der Waals surface area contributed by atoms with Crippen LogP contribution in [0.15, 0.2) is 69.7 Å². The Hall–Kier alpha value is -4.68. The number of carbonyl (C=O) groups excluding carboxylic acids is 2. The molecule has 0 bridgehead atoms. The van der Waals surface area contributed by atoms with E-state index in [1.165, 1.54) is 11.3 Å². The number of nitrogens with zero attached hydrogens (tertiary/aromatic N) is 4. The van der Waals surface area contributed by atoms with E-state index in [9.17, 15) is 14.4 Å². The molecule has 47 heavy (non-hydrogen) atoms. The van der Waals surface area contributed by atoms with Gasteiger partial charge in [0.05, 0.1) is 49.8 Å². The van der Waals surface area contributed by atoms with Crippen molar-refractivity contribution in [2.45, 2.75) is 39.3 Å². The monoisotopic (exact) mass is 658 g/mol. The Morgan fingerprint density at radius 1 is 1.09 bits per heavy atom. The van der Waals surface area contributed by atoms with Gasteiger partial charge in [-0.25, -0.2) is 9.79 Å². The number of ether oxygens (including phenoxy) is 4. The number of carbonyl (C=O) groups is 2. The number of methoxy groups -OCH3 is 2. The first-order valence-electron chi connectivity index (χ1n) is 15.8. The van der Waals surface area contributed by atoms with Crippen LogP contribution in [0.5, 0.6) is 11.5 Å². The van der Waals surface area contributed by atoms with Crippen molar-refractivity contribution in [3.63, 3.8) is 0 Å². The molecule has 0 unspecified atom stereocenters. The molecule has 2 aromatic heterocycles. The third kappa shape index (κ3) is 6.22. The van der Waals surface area contributed by atoms with E-state index < -0.39 is 12.0 Å². The zero-order valence-electron chi connectivity index (χ0n) is 27.0. The third-order valence-corrected chi connectivity index (χ3v) is 9.38. The summed E-state index contributed by atoms with van der Waals surface area (Å²) >= 11 is 1.26. The smallest absolute Gasteiger partial charge is 0.338 e. The van der Waals surface area contributed by atoms with Crippen LogP contribution in [0.2, 0.25) is 0 Å². The molecule has 2 aliphatic rings. The molecule has 12 heteroatoms. The standard InChI is InChI=1S/C35H38N4O7S/c1-5-9-26-31(34(42)46-6-2)32(25-19-23(43-3)12-13-28(25)44-4)39-33(41)29(47-35(39)36-26)18-22-20-38(27-11-8-7-10-24(22)27)21-30(40)37-14-16-45-17-15-37/h7-8,10-13,18-20,32H,5-6,9,14-17,21H2,1-4H3/b29-18-/t32-/m1/s1. The number of benzene rings is 2. The van der Waals surface area contributed by atoms with Crippen LogP contribution in [0, 0.1) is 0 Å². The second kappa shape index (κ2) is 14.0. The number of amides is 1. The molecule has 0 N–H and O–H groups in total. The van der Waals surface area contributed by atoms with Crippen molar-refractivity contribution in [1.82, 2.24) is 14.0 Å². The van der Waals surface area contributed by atoms with Gasteiger partial charge in [0.1, 0.15) is 24.1 Å². The molecule has 6 rings (SSSR count). The molecule has 1 saturated heterocycles. The van der Waals surface area contributed by atoms with Gasteiger partial charge in [-0.15, -0.1) is 0 Å². The fourth-order valence-electron chi connectivity index (χ4n) is 6.19. The number of para-hydroxylation sites is 1. The number of fused-ring (bicyclic) bond motifs is 2. The van der Waals surface area contributed by atoms with Gasteiger partial charge in [0.25, 0.3) is 5.56 Å². The fourth-order valence-corrected chi connectivity index (χ4v) is 7.20.